The van der Waals surface area contributed by atoms with Crippen molar-refractivity contribution in [3.63, 3.8) is 0 Å². The van der Waals surface area contributed by atoms with Gasteiger partial charge in [0, 0.05) is 17.7 Å². The molecule has 4 heteroatoms. The van der Waals surface area contributed by atoms with Gasteiger partial charge in [-0.05, 0) is 24.8 Å². The third-order valence-electron chi connectivity index (χ3n) is 3.56. The van der Waals surface area contributed by atoms with Crippen molar-refractivity contribution in [1.82, 2.24) is 0 Å². The van der Waals surface area contributed by atoms with Gasteiger partial charge >= 0.3 is 0 Å². The number of methoxy groups -OCH3 is 1. The maximum absolute atomic E-state index is 13.4. The van der Waals surface area contributed by atoms with Gasteiger partial charge in [-0.2, -0.15) is 0 Å². The van der Waals surface area contributed by atoms with E-state index in [1.807, 2.05) is 0 Å². The van der Waals surface area contributed by atoms with Crippen LogP contribution in [-0.2, 0) is 0 Å². The fourth-order valence-electron chi connectivity index (χ4n) is 2.57. The van der Waals surface area contributed by atoms with Gasteiger partial charge < -0.3 is 15.6 Å². The Morgan fingerprint density at radius 1 is 1.41 bits per heavy atom. The maximum Gasteiger partial charge on any atom is 0.163 e. The van der Waals surface area contributed by atoms with E-state index in [-0.39, 0.29) is 17.5 Å². The van der Waals surface area contributed by atoms with Crippen LogP contribution >= 0.6 is 0 Å². The first-order valence-electron chi connectivity index (χ1n) is 5.95. The minimum Gasteiger partial charge on any atom is -0.504 e. The van der Waals surface area contributed by atoms with Crippen LogP contribution in [0.25, 0.3) is 0 Å². The van der Waals surface area contributed by atoms with Gasteiger partial charge in [0.15, 0.2) is 11.5 Å². The van der Waals surface area contributed by atoms with Gasteiger partial charge in [-0.25, -0.2) is 4.39 Å². The maximum atomic E-state index is 13.4. The van der Waals surface area contributed by atoms with Crippen molar-refractivity contribution in [3.8, 4) is 11.5 Å². The molecule has 0 spiro atoms. The van der Waals surface area contributed by atoms with Crippen molar-refractivity contribution in [1.29, 1.82) is 0 Å². The van der Waals surface area contributed by atoms with Crippen LogP contribution in [-0.4, -0.2) is 12.2 Å². The number of benzene rings is 1. The number of rotatable bonds is 3. The highest BCUT2D eigenvalue weighted by Crippen LogP contribution is 2.40. The van der Waals surface area contributed by atoms with E-state index in [4.69, 9.17) is 10.5 Å². The molecule has 3 nitrogen and oxygen atoms in total. The average molecular weight is 239 g/mol. The fourth-order valence-corrected chi connectivity index (χ4v) is 2.57. The van der Waals surface area contributed by atoms with Gasteiger partial charge in [-0.1, -0.05) is 12.8 Å². The van der Waals surface area contributed by atoms with Crippen molar-refractivity contribution < 1.29 is 14.2 Å². The molecule has 1 aliphatic rings. The molecular weight excluding hydrogens is 221 g/mol. The molecule has 17 heavy (non-hydrogen) atoms. The summed E-state index contributed by atoms with van der Waals surface area (Å²) in [5.74, 6) is 0.0113. The highest BCUT2D eigenvalue weighted by atomic mass is 19.1. The molecule has 0 unspecified atom stereocenters. The molecule has 0 aliphatic heterocycles. The monoisotopic (exact) mass is 239 g/mol. The first-order chi connectivity index (χ1) is 8.13. The third-order valence-corrected chi connectivity index (χ3v) is 3.56. The topological polar surface area (TPSA) is 55.5 Å². The molecule has 94 valence electrons. The molecule has 1 fully saturated rings. The lowest BCUT2D eigenvalue weighted by Gasteiger charge is -2.21. The molecule has 3 N–H and O–H groups in total. The van der Waals surface area contributed by atoms with E-state index in [1.54, 1.807) is 0 Å². The second-order valence-electron chi connectivity index (χ2n) is 4.62. The van der Waals surface area contributed by atoms with Crippen molar-refractivity contribution in [2.45, 2.75) is 31.7 Å². The number of hydrogen-bond acceptors (Lipinski definition) is 3. The molecule has 0 bridgehead atoms. The fraction of sp³-hybridized carbons (Fsp3) is 0.538. The lowest BCUT2D eigenvalue weighted by atomic mass is 9.91. The number of phenolic OH excluding ortho intramolecular Hbond substituents is 1. The summed E-state index contributed by atoms with van der Waals surface area (Å²) >= 11 is 0. The van der Waals surface area contributed by atoms with Crippen LogP contribution in [0.5, 0.6) is 11.5 Å². The van der Waals surface area contributed by atoms with E-state index in [0.717, 1.165) is 25.7 Å². The normalized spacial score (nSPS) is 18.3. The Morgan fingerprint density at radius 3 is 2.65 bits per heavy atom. The lowest BCUT2D eigenvalue weighted by Crippen LogP contribution is -2.19. The summed E-state index contributed by atoms with van der Waals surface area (Å²) in [5, 5.41) is 9.97. The Balaban J connectivity index is 2.33. The SMILES string of the molecule is COc1cc(F)cc([C@H](N)C2CCCC2)c1O. The molecule has 0 aromatic heterocycles. The van der Waals surface area contributed by atoms with Crippen LogP contribution in [0.3, 0.4) is 0 Å². The van der Waals surface area contributed by atoms with Gasteiger partial charge in [0.2, 0.25) is 0 Å². The Morgan fingerprint density at radius 2 is 2.06 bits per heavy atom. The van der Waals surface area contributed by atoms with Crippen LogP contribution in [0.1, 0.15) is 37.3 Å². The van der Waals surface area contributed by atoms with Crippen molar-refractivity contribution in [2.24, 2.45) is 11.7 Å². The van der Waals surface area contributed by atoms with E-state index >= 15 is 0 Å². The number of aromatic hydroxyl groups is 1. The van der Waals surface area contributed by atoms with Crippen molar-refractivity contribution in [2.75, 3.05) is 7.11 Å². The quantitative estimate of drug-likeness (QED) is 0.852. The van der Waals surface area contributed by atoms with Crippen LogP contribution in [0.15, 0.2) is 12.1 Å². The van der Waals surface area contributed by atoms with Crippen LogP contribution < -0.4 is 10.5 Å². The van der Waals surface area contributed by atoms with Gasteiger partial charge in [0.05, 0.1) is 7.11 Å². The molecule has 1 aromatic rings. The summed E-state index contributed by atoms with van der Waals surface area (Å²) in [4.78, 5) is 0. The summed E-state index contributed by atoms with van der Waals surface area (Å²) in [5.41, 5.74) is 6.56. The third kappa shape index (κ3) is 2.36. The smallest absolute Gasteiger partial charge is 0.163 e. The first-order valence-corrected chi connectivity index (χ1v) is 5.95. The van der Waals surface area contributed by atoms with E-state index in [9.17, 15) is 9.50 Å². The molecule has 0 amide bonds. The van der Waals surface area contributed by atoms with Gasteiger partial charge in [0.1, 0.15) is 5.82 Å². The Bertz CT molecular complexity index is 403. The number of hydrogen-bond donors (Lipinski definition) is 2. The summed E-state index contributed by atoms with van der Waals surface area (Å²) in [6, 6.07) is 2.16. The second kappa shape index (κ2) is 4.92. The molecule has 1 aliphatic carbocycles. The molecule has 0 heterocycles. The van der Waals surface area contributed by atoms with E-state index in [2.05, 4.69) is 0 Å². The molecule has 1 aromatic carbocycles. The largest absolute Gasteiger partial charge is 0.504 e. The number of nitrogens with two attached hydrogens (primary N) is 1. The zero-order valence-corrected chi connectivity index (χ0v) is 9.95. The predicted molar refractivity (Wildman–Crippen MR) is 63.5 cm³/mol. The predicted octanol–water partition coefficient (Wildman–Crippen LogP) is 2.73. The standard InChI is InChI=1S/C13H18FNO2/c1-17-11-7-9(14)6-10(13(11)16)12(15)8-4-2-3-5-8/h6-8,12,16H,2-5,15H2,1H3/t12-/m1/s1. The zero-order chi connectivity index (χ0) is 12.4. The Labute approximate surface area is 100 Å². The highest BCUT2D eigenvalue weighted by molar-refractivity contribution is 5.47. The van der Waals surface area contributed by atoms with E-state index in [1.165, 1.54) is 19.2 Å². The molecule has 0 radical (unpaired) electrons. The summed E-state index contributed by atoms with van der Waals surface area (Å²) in [6.45, 7) is 0. The molecule has 2 rings (SSSR count). The van der Waals surface area contributed by atoms with Crippen molar-refractivity contribution >= 4 is 0 Å². The first kappa shape index (κ1) is 12.2. The Hall–Kier alpha value is -1.29. The summed E-state index contributed by atoms with van der Waals surface area (Å²) in [7, 11) is 1.40. The van der Waals surface area contributed by atoms with Crippen LogP contribution in [0.2, 0.25) is 0 Å². The molecule has 1 saturated carbocycles. The van der Waals surface area contributed by atoms with Gasteiger partial charge in [0.25, 0.3) is 0 Å². The number of halogens is 1. The number of ether oxygens (including phenoxy) is 1. The lowest BCUT2D eigenvalue weighted by molar-refractivity contribution is 0.356. The van der Waals surface area contributed by atoms with Crippen LogP contribution in [0, 0.1) is 11.7 Å². The number of phenols is 1. The van der Waals surface area contributed by atoms with Crippen LogP contribution in [0.4, 0.5) is 4.39 Å². The zero-order valence-electron chi connectivity index (χ0n) is 9.95. The minimum atomic E-state index is -0.428. The Kier molecular flexibility index (Phi) is 3.52. The second-order valence-corrected chi connectivity index (χ2v) is 4.62. The van der Waals surface area contributed by atoms with E-state index < -0.39 is 5.82 Å². The molecule has 1 atom stereocenters. The molecular formula is C13H18FNO2. The minimum absolute atomic E-state index is 0.0340. The van der Waals surface area contributed by atoms with E-state index in [0.29, 0.717) is 11.5 Å². The van der Waals surface area contributed by atoms with Gasteiger partial charge in [-0.15, -0.1) is 0 Å². The van der Waals surface area contributed by atoms with Gasteiger partial charge in [-0.3, -0.25) is 0 Å². The van der Waals surface area contributed by atoms with Crippen molar-refractivity contribution in [3.05, 3.63) is 23.5 Å². The molecule has 0 saturated heterocycles. The summed E-state index contributed by atoms with van der Waals surface area (Å²) in [6.07, 6.45) is 4.40. The highest BCUT2D eigenvalue weighted by Gasteiger charge is 2.26. The summed E-state index contributed by atoms with van der Waals surface area (Å²) < 4.78 is 18.3. The average Bonchev–Trinajstić information content (AvgIpc) is 2.84.